The first-order chi connectivity index (χ1) is 7.00. The summed E-state index contributed by atoms with van der Waals surface area (Å²) in [5.41, 5.74) is 4.65. The monoisotopic (exact) mass is 202 g/mol. The van der Waals surface area contributed by atoms with Crippen LogP contribution in [0.1, 0.15) is 18.1 Å². The number of nitrogens with one attached hydrogen (secondary N) is 1. The smallest absolute Gasteiger partial charge is 0.305 e. The van der Waals surface area contributed by atoms with Gasteiger partial charge in [-0.05, 0) is 38.0 Å². The summed E-state index contributed by atoms with van der Waals surface area (Å²) in [6.07, 6.45) is 0. The van der Waals surface area contributed by atoms with Crippen LogP contribution in [0.25, 0.3) is 16.7 Å². The van der Waals surface area contributed by atoms with Crippen molar-refractivity contribution in [2.45, 2.75) is 20.8 Å². The third-order valence-electron chi connectivity index (χ3n) is 2.52. The Morgan fingerprint density at radius 1 is 1.40 bits per heavy atom. The van der Waals surface area contributed by atoms with Crippen molar-refractivity contribution in [2.75, 3.05) is 0 Å². The van der Waals surface area contributed by atoms with E-state index in [2.05, 4.69) is 17.6 Å². The largest absolute Gasteiger partial charge is 0.330 e. The molecule has 0 saturated carbocycles. The predicted molar refractivity (Wildman–Crippen MR) is 63.0 cm³/mol. The predicted octanol–water partition coefficient (Wildman–Crippen LogP) is 2.44. The van der Waals surface area contributed by atoms with Crippen LogP contribution in [0.5, 0.6) is 0 Å². The van der Waals surface area contributed by atoms with E-state index in [1.54, 1.807) is 4.57 Å². The number of aromatic amines is 1. The maximum Gasteiger partial charge on any atom is 0.330 e. The Morgan fingerprint density at radius 2 is 2.07 bits per heavy atom. The van der Waals surface area contributed by atoms with Crippen molar-refractivity contribution in [1.82, 2.24) is 9.55 Å². The van der Waals surface area contributed by atoms with Gasteiger partial charge in [0.2, 0.25) is 0 Å². The van der Waals surface area contributed by atoms with Gasteiger partial charge in [-0.1, -0.05) is 12.6 Å². The van der Waals surface area contributed by atoms with Crippen LogP contribution < -0.4 is 5.69 Å². The van der Waals surface area contributed by atoms with Crippen molar-refractivity contribution in [3.05, 3.63) is 40.3 Å². The molecule has 1 aromatic heterocycles. The summed E-state index contributed by atoms with van der Waals surface area (Å²) >= 11 is 0. The van der Waals surface area contributed by atoms with Crippen molar-refractivity contribution < 1.29 is 0 Å². The van der Waals surface area contributed by atoms with E-state index in [4.69, 9.17) is 0 Å². The lowest BCUT2D eigenvalue weighted by Crippen LogP contribution is -2.13. The fourth-order valence-electron chi connectivity index (χ4n) is 1.94. The number of rotatable bonds is 1. The molecule has 0 spiro atoms. The minimum Gasteiger partial charge on any atom is -0.305 e. The quantitative estimate of drug-likeness (QED) is 0.757. The van der Waals surface area contributed by atoms with E-state index in [0.29, 0.717) is 0 Å². The van der Waals surface area contributed by atoms with Crippen LogP contribution in [0, 0.1) is 13.8 Å². The van der Waals surface area contributed by atoms with Crippen LogP contribution in [-0.4, -0.2) is 9.55 Å². The number of allylic oxidation sites excluding steroid dienone is 1. The highest BCUT2D eigenvalue weighted by molar-refractivity contribution is 5.82. The molecule has 1 N–H and O–H groups in total. The molecule has 0 aliphatic heterocycles. The molecule has 0 aliphatic rings. The van der Waals surface area contributed by atoms with Gasteiger partial charge in [-0.2, -0.15) is 0 Å². The number of aryl methyl sites for hydroxylation is 2. The Hall–Kier alpha value is -1.77. The van der Waals surface area contributed by atoms with Gasteiger partial charge in [0.05, 0.1) is 11.0 Å². The molecule has 15 heavy (non-hydrogen) atoms. The highest BCUT2D eigenvalue weighted by Crippen LogP contribution is 2.19. The molecule has 0 bridgehead atoms. The van der Waals surface area contributed by atoms with Gasteiger partial charge in [-0.15, -0.1) is 0 Å². The third-order valence-corrected chi connectivity index (χ3v) is 2.52. The second-order valence-corrected chi connectivity index (χ2v) is 3.98. The van der Waals surface area contributed by atoms with Crippen LogP contribution >= 0.6 is 0 Å². The molecule has 3 nitrogen and oxygen atoms in total. The van der Waals surface area contributed by atoms with E-state index in [9.17, 15) is 4.79 Å². The average Bonchev–Trinajstić information content (AvgIpc) is 2.41. The van der Waals surface area contributed by atoms with Crippen molar-refractivity contribution in [3.63, 3.8) is 0 Å². The minimum atomic E-state index is -0.119. The Morgan fingerprint density at radius 3 is 2.67 bits per heavy atom. The molecular formula is C12H14N2O. The van der Waals surface area contributed by atoms with Gasteiger partial charge < -0.3 is 4.98 Å². The van der Waals surface area contributed by atoms with Gasteiger partial charge in [0.25, 0.3) is 0 Å². The maximum absolute atomic E-state index is 11.7. The van der Waals surface area contributed by atoms with E-state index in [0.717, 1.165) is 27.9 Å². The van der Waals surface area contributed by atoms with Crippen LogP contribution in [0.2, 0.25) is 0 Å². The molecule has 3 heteroatoms. The second kappa shape index (κ2) is 3.12. The number of imidazole rings is 1. The molecule has 0 unspecified atom stereocenters. The van der Waals surface area contributed by atoms with E-state index in [-0.39, 0.29) is 5.69 Å². The zero-order chi connectivity index (χ0) is 11.2. The topological polar surface area (TPSA) is 37.8 Å². The zero-order valence-electron chi connectivity index (χ0n) is 9.22. The highest BCUT2D eigenvalue weighted by atomic mass is 16.1. The molecule has 0 amide bonds. The number of H-pyrrole nitrogens is 1. The number of aromatic nitrogens is 2. The summed E-state index contributed by atoms with van der Waals surface area (Å²) in [7, 11) is 0. The molecule has 1 heterocycles. The molecule has 2 aromatic rings. The van der Waals surface area contributed by atoms with Gasteiger partial charge >= 0.3 is 5.69 Å². The number of benzene rings is 1. The summed E-state index contributed by atoms with van der Waals surface area (Å²) in [6, 6.07) is 4.05. The molecule has 1 aromatic carbocycles. The molecule has 78 valence electrons. The average molecular weight is 202 g/mol. The molecule has 2 rings (SSSR count). The summed E-state index contributed by atoms with van der Waals surface area (Å²) in [6.45, 7) is 9.65. The van der Waals surface area contributed by atoms with Gasteiger partial charge in [-0.25, -0.2) is 4.79 Å². The molecular weight excluding hydrogens is 188 g/mol. The molecule has 0 radical (unpaired) electrons. The van der Waals surface area contributed by atoms with Crippen LogP contribution in [-0.2, 0) is 0 Å². The van der Waals surface area contributed by atoms with Crippen molar-refractivity contribution >= 4 is 16.7 Å². The van der Waals surface area contributed by atoms with Gasteiger partial charge in [0.15, 0.2) is 0 Å². The van der Waals surface area contributed by atoms with Gasteiger partial charge in [-0.3, -0.25) is 4.57 Å². The number of hydrogen-bond acceptors (Lipinski definition) is 1. The fourth-order valence-corrected chi connectivity index (χ4v) is 1.94. The Balaban J connectivity index is 2.99. The Bertz CT molecular complexity index is 602. The first-order valence-electron chi connectivity index (χ1n) is 4.88. The van der Waals surface area contributed by atoms with Crippen LogP contribution in [0.15, 0.2) is 23.5 Å². The summed E-state index contributed by atoms with van der Waals surface area (Å²) in [5.74, 6) is 0. The standard InChI is InChI=1S/C12H14N2O/c1-7(2)14-10-6-8(3)5-9(4)11(10)13-12(14)15/h5-6H,1H2,2-4H3,(H,13,15). The van der Waals surface area contributed by atoms with Gasteiger partial charge in [0.1, 0.15) is 0 Å². The van der Waals surface area contributed by atoms with Crippen LogP contribution in [0.3, 0.4) is 0 Å². The first-order valence-corrected chi connectivity index (χ1v) is 4.88. The van der Waals surface area contributed by atoms with Crippen LogP contribution in [0.4, 0.5) is 0 Å². The van der Waals surface area contributed by atoms with E-state index in [1.165, 1.54) is 0 Å². The Kier molecular flexibility index (Phi) is 2.03. The van der Waals surface area contributed by atoms with Crippen molar-refractivity contribution in [3.8, 4) is 0 Å². The number of nitrogens with zero attached hydrogens (tertiary/aromatic N) is 1. The lowest BCUT2D eigenvalue weighted by Gasteiger charge is -2.03. The fraction of sp³-hybridized carbons (Fsp3) is 0.250. The summed E-state index contributed by atoms with van der Waals surface area (Å²) < 4.78 is 1.61. The molecule has 0 atom stereocenters. The van der Waals surface area contributed by atoms with E-state index >= 15 is 0 Å². The van der Waals surface area contributed by atoms with Crippen molar-refractivity contribution in [2.24, 2.45) is 0 Å². The van der Waals surface area contributed by atoms with E-state index < -0.39 is 0 Å². The van der Waals surface area contributed by atoms with Crippen molar-refractivity contribution in [1.29, 1.82) is 0 Å². The second-order valence-electron chi connectivity index (χ2n) is 3.98. The number of hydrogen-bond donors (Lipinski definition) is 1. The highest BCUT2D eigenvalue weighted by Gasteiger charge is 2.09. The molecule has 0 saturated heterocycles. The maximum atomic E-state index is 11.7. The molecule has 0 aliphatic carbocycles. The summed E-state index contributed by atoms with van der Waals surface area (Å²) in [4.78, 5) is 14.5. The Labute approximate surface area is 88.0 Å². The number of fused-ring (bicyclic) bond motifs is 1. The normalized spacial score (nSPS) is 10.9. The lowest BCUT2D eigenvalue weighted by molar-refractivity contribution is 1.03. The SMILES string of the molecule is C=C(C)n1c(=O)[nH]c2c(C)cc(C)cc21. The van der Waals surface area contributed by atoms with E-state index in [1.807, 2.05) is 26.8 Å². The summed E-state index contributed by atoms with van der Waals surface area (Å²) in [5, 5.41) is 0. The minimum absolute atomic E-state index is 0.119. The first kappa shape index (κ1) is 9.77. The molecule has 0 fully saturated rings. The lowest BCUT2D eigenvalue weighted by atomic mass is 10.1. The third kappa shape index (κ3) is 1.40. The van der Waals surface area contributed by atoms with Gasteiger partial charge in [0, 0.05) is 5.70 Å². The zero-order valence-corrected chi connectivity index (χ0v) is 9.22.